The highest BCUT2D eigenvalue weighted by Gasteiger charge is 2.27. The Hall–Kier alpha value is -1.82. The molecule has 2 aromatic rings. The lowest BCUT2D eigenvalue weighted by molar-refractivity contribution is 0.120. The van der Waals surface area contributed by atoms with Crippen LogP contribution in [0.5, 0.6) is 0 Å². The lowest BCUT2D eigenvalue weighted by Gasteiger charge is -2.19. The Labute approximate surface area is 121 Å². The van der Waals surface area contributed by atoms with E-state index in [1.807, 2.05) is 13.8 Å². The van der Waals surface area contributed by atoms with Gasteiger partial charge in [0.05, 0.1) is 12.0 Å². The van der Waals surface area contributed by atoms with E-state index in [0.717, 1.165) is 6.07 Å². The number of aromatic nitrogens is 2. The summed E-state index contributed by atoms with van der Waals surface area (Å²) in [5.41, 5.74) is 0.429. The molecule has 1 N–H and O–H groups in total. The maximum absolute atomic E-state index is 13.1. The minimum absolute atomic E-state index is 0.130. The summed E-state index contributed by atoms with van der Waals surface area (Å²) >= 11 is 0. The van der Waals surface area contributed by atoms with Crippen LogP contribution in [-0.4, -0.2) is 21.4 Å². The van der Waals surface area contributed by atoms with Crippen molar-refractivity contribution in [3.05, 3.63) is 47.1 Å². The lowest BCUT2D eigenvalue weighted by Crippen LogP contribution is -2.20. The number of benzene rings is 1. The Morgan fingerprint density at radius 1 is 1.14 bits per heavy atom. The fourth-order valence-electron chi connectivity index (χ4n) is 2.42. The van der Waals surface area contributed by atoms with Gasteiger partial charge in [-0.15, -0.1) is 0 Å². The van der Waals surface area contributed by atoms with E-state index in [-0.39, 0.29) is 18.3 Å². The van der Waals surface area contributed by atoms with Crippen molar-refractivity contribution in [2.75, 3.05) is 0 Å². The van der Waals surface area contributed by atoms with Crippen LogP contribution < -0.4 is 0 Å². The van der Waals surface area contributed by atoms with Gasteiger partial charge in [0.2, 0.25) is 5.89 Å². The van der Waals surface area contributed by atoms with Gasteiger partial charge >= 0.3 is 0 Å². The maximum Gasteiger partial charge on any atom is 0.232 e. The number of halogens is 2. The third kappa shape index (κ3) is 3.85. The van der Waals surface area contributed by atoms with Gasteiger partial charge in [0, 0.05) is 12.5 Å². The van der Waals surface area contributed by atoms with Gasteiger partial charge in [0.25, 0.3) is 0 Å². The van der Waals surface area contributed by atoms with Crippen LogP contribution in [0.15, 0.2) is 22.7 Å². The van der Waals surface area contributed by atoms with E-state index in [1.54, 1.807) is 6.92 Å². The highest BCUT2D eigenvalue weighted by Crippen LogP contribution is 2.26. The molecule has 2 unspecified atom stereocenters. The number of aliphatic hydroxyl groups excluding tert-OH is 1. The summed E-state index contributed by atoms with van der Waals surface area (Å²) in [5.74, 6) is -0.746. The normalized spacial score (nSPS) is 14.4. The maximum atomic E-state index is 13.1. The van der Waals surface area contributed by atoms with Crippen molar-refractivity contribution in [3.63, 3.8) is 0 Å². The van der Waals surface area contributed by atoms with E-state index in [9.17, 15) is 13.9 Å². The molecular weight excluding hydrogens is 278 g/mol. The highest BCUT2D eigenvalue weighted by molar-refractivity contribution is 5.21. The highest BCUT2D eigenvalue weighted by atomic mass is 19.1. The van der Waals surface area contributed by atoms with E-state index in [1.165, 1.54) is 12.1 Å². The number of nitrogens with zero attached hydrogens (tertiary/aromatic N) is 2. The molecule has 0 aliphatic rings. The first kappa shape index (κ1) is 15.6. The number of rotatable bonds is 5. The van der Waals surface area contributed by atoms with Gasteiger partial charge in [-0.3, -0.25) is 0 Å². The Morgan fingerprint density at radius 3 is 2.29 bits per heavy atom. The summed E-state index contributed by atoms with van der Waals surface area (Å²) in [6.45, 7) is 5.56. The Bertz CT molecular complexity index is 583. The van der Waals surface area contributed by atoms with Crippen LogP contribution in [0, 0.1) is 17.6 Å². The Morgan fingerprint density at radius 2 is 1.76 bits per heavy atom. The molecule has 1 aromatic heterocycles. The molecule has 1 heterocycles. The quantitative estimate of drug-likeness (QED) is 0.921. The number of hydrogen-bond donors (Lipinski definition) is 1. The minimum Gasteiger partial charge on any atom is -0.393 e. The zero-order chi connectivity index (χ0) is 15.6. The minimum atomic E-state index is -0.641. The second kappa shape index (κ2) is 6.30. The topological polar surface area (TPSA) is 59.2 Å². The molecule has 0 radical (unpaired) electrons. The standard InChI is InChI=1S/C15H18F2N2O2/c1-8(2)14(9(3)20)15-18-13(19-21-15)6-10-4-11(16)7-12(17)5-10/h4-5,7-9,14,20H,6H2,1-3H3. The smallest absolute Gasteiger partial charge is 0.232 e. The zero-order valence-corrected chi connectivity index (χ0v) is 12.2. The average molecular weight is 296 g/mol. The van der Waals surface area contributed by atoms with Crippen molar-refractivity contribution in [2.45, 2.75) is 39.2 Å². The number of aliphatic hydroxyl groups is 1. The molecular formula is C15H18F2N2O2. The molecule has 114 valence electrons. The zero-order valence-electron chi connectivity index (χ0n) is 12.2. The van der Waals surface area contributed by atoms with Crippen LogP contribution in [-0.2, 0) is 6.42 Å². The molecule has 0 saturated heterocycles. The predicted molar refractivity (Wildman–Crippen MR) is 72.7 cm³/mol. The average Bonchev–Trinajstić information content (AvgIpc) is 2.74. The SMILES string of the molecule is CC(C)C(c1nc(Cc2cc(F)cc(F)c2)no1)C(C)O. The molecule has 1 aromatic carbocycles. The van der Waals surface area contributed by atoms with Crippen molar-refractivity contribution in [2.24, 2.45) is 5.92 Å². The summed E-state index contributed by atoms with van der Waals surface area (Å²) in [6, 6.07) is 3.27. The van der Waals surface area contributed by atoms with Crippen molar-refractivity contribution in [1.29, 1.82) is 0 Å². The van der Waals surface area contributed by atoms with E-state index >= 15 is 0 Å². The predicted octanol–water partition coefficient (Wildman–Crippen LogP) is 3.06. The van der Waals surface area contributed by atoms with E-state index in [2.05, 4.69) is 10.1 Å². The fraction of sp³-hybridized carbons (Fsp3) is 0.467. The second-order valence-electron chi connectivity index (χ2n) is 5.51. The summed E-state index contributed by atoms with van der Waals surface area (Å²) in [6.07, 6.45) is -0.451. The first-order valence-corrected chi connectivity index (χ1v) is 6.82. The summed E-state index contributed by atoms with van der Waals surface area (Å²) in [4.78, 5) is 4.23. The largest absolute Gasteiger partial charge is 0.393 e. The molecule has 2 rings (SSSR count). The molecule has 0 fully saturated rings. The molecule has 6 heteroatoms. The molecule has 2 atom stereocenters. The Kier molecular flexibility index (Phi) is 4.67. The Balaban J connectivity index is 2.19. The second-order valence-corrected chi connectivity index (χ2v) is 5.51. The van der Waals surface area contributed by atoms with Crippen molar-refractivity contribution in [3.8, 4) is 0 Å². The van der Waals surface area contributed by atoms with E-state index < -0.39 is 17.7 Å². The molecule has 21 heavy (non-hydrogen) atoms. The van der Waals surface area contributed by atoms with Gasteiger partial charge in [-0.1, -0.05) is 19.0 Å². The van der Waals surface area contributed by atoms with E-state index in [4.69, 9.17) is 4.52 Å². The van der Waals surface area contributed by atoms with Crippen molar-refractivity contribution in [1.82, 2.24) is 10.1 Å². The van der Waals surface area contributed by atoms with E-state index in [0.29, 0.717) is 17.3 Å². The number of hydrogen-bond acceptors (Lipinski definition) is 4. The van der Waals surface area contributed by atoms with Gasteiger partial charge in [-0.25, -0.2) is 8.78 Å². The van der Waals surface area contributed by atoms with Gasteiger partial charge in [-0.05, 0) is 30.5 Å². The molecule has 0 bridgehead atoms. The fourth-order valence-corrected chi connectivity index (χ4v) is 2.42. The monoisotopic (exact) mass is 296 g/mol. The van der Waals surface area contributed by atoms with Crippen LogP contribution in [0.4, 0.5) is 8.78 Å². The van der Waals surface area contributed by atoms with Crippen LogP contribution in [0.1, 0.15) is 44.0 Å². The van der Waals surface area contributed by atoms with Crippen LogP contribution >= 0.6 is 0 Å². The summed E-state index contributed by atoms with van der Waals surface area (Å²) in [7, 11) is 0. The van der Waals surface area contributed by atoms with Crippen molar-refractivity contribution >= 4 is 0 Å². The summed E-state index contributed by atoms with van der Waals surface area (Å²) in [5, 5.41) is 13.6. The van der Waals surface area contributed by atoms with Crippen molar-refractivity contribution < 1.29 is 18.4 Å². The molecule has 4 nitrogen and oxygen atoms in total. The molecule has 0 aliphatic heterocycles. The van der Waals surface area contributed by atoms with Crippen LogP contribution in [0.3, 0.4) is 0 Å². The first-order chi connectivity index (χ1) is 9.86. The van der Waals surface area contributed by atoms with Gasteiger partial charge in [0.1, 0.15) is 11.6 Å². The third-order valence-corrected chi connectivity index (χ3v) is 3.29. The lowest BCUT2D eigenvalue weighted by atomic mass is 9.91. The molecule has 0 aliphatic carbocycles. The molecule has 0 saturated carbocycles. The van der Waals surface area contributed by atoms with Crippen LogP contribution in [0.2, 0.25) is 0 Å². The first-order valence-electron chi connectivity index (χ1n) is 6.82. The molecule has 0 amide bonds. The van der Waals surface area contributed by atoms with Gasteiger partial charge in [-0.2, -0.15) is 4.98 Å². The molecule has 0 spiro atoms. The van der Waals surface area contributed by atoms with Gasteiger partial charge < -0.3 is 9.63 Å². The van der Waals surface area contributed by atoms with Crippen LogP contribution in [0.25, 0.3) is 0 Å². The third-order valence-electron chi connectivity index (χ3n) is 3.29. The van der Waals surface area contributed by atoms with Gasteiger partial charge in [0.15, 0.2) is 5.82 Å². The summed E-state index contributed by atoms with van der Waals surface area (Å²) < 4.78 is 31.5.